The van der Waals surface area contributed by atoms with Crippen LogP contribution >= 0.6 is 11.6 Å². The quantitative estimate of drug-likeness (QED) is 0.767. The Morgan fingerprint density at radius 2 is 1.81 bits per heavy atom. The van der Waals surface area contributed by atoms with Crippen molar-refractivity contribution in [3.63, 3.8) is 0 Å². The fourth-order valence-corrected chi connectivity index (χ4v) is 2.94. The molecule has 3 rings (SSSR count). The Bertz CT molecular complexity index is 791. The van der Waals surface area contributed by atoms with E-state index in [2.05, 4.69) is 9.72 Å². The number of benzene rings is 1. The zero-order chi connectivity index (χ0) is 19.4. The summed E-state index contributed by atoms with van der Waals surface area (Å²) in [7, 11) is 0. The molecule has 1 amide bonds. The molecule has 1 aliphatic heterocycles. The summed E-state index contributed by atoms with van der Waals surface area (Å²) in [5, 5.41) is 0.428. The summed E-state index contributed by atoms with van der Waals surface area (Å²) < 4.78 is 46.1. The molecule has 5 nitrogen and oxygen atoms in total. The number of alkyl halides is 3. The monoisotopic (exact) mass is 400 g/mol. The number of halogens is 4. The van der Waals surface area contributed by atoms with Crippen molar-refractivity contribution < 1.29 is 27.4 Å². The van der Waals surface area contributed by atoms with Crippen molar-refractivity contribution in [1.29, 1.82) is 0 Å². The first-order chi connectivity index (χ1) is 12.8. The van der Waals surface area contributed by atoms with Gasteiger partial charge >= 0.3 is 6.36 Å². The fraction of sp³-hybridized carbons (Fsp3) is 0.333. The van der Waals surface area contributed by atoms with E-state index in [9.17, 15) is 18.0 Å². The number of hydrogen-bond donors (Lipinski definition) is 0. The number of ether oxygens (including phenoxy) is 2. The molecule has 0 N–H and O–H groups in total. The van der Waals surface area contributed by atoms with Gasteiger partial charge in [0.1, 0.15) is 16.9 Å². The summed E-state index contributed by atoms with van der Waals surface area (Å²) >= 11 is 6.02. The van der Waals surface area contributed by atoms with Crippen molar-refractivity contribution in [3.8, 4) is 11.6 Å². The maximum absolute atomic E-state index is 12.5. The summed E-state index contributed by atoms with van der Waals surface area (Å²) in [5.74, 6) is -0.245. The van der Waals surface area contributed by atoms with E-state index in [1.807, 2.05) is 0 Å². The summed E-state index contributed by atoms with van der Waals surface area (Å²) in [5.41, 5.74) is 0.302. The van der Waals surface area contributed by atoms with Crippen LogP contribution in [0.15, 0.2) is 42.6 Å². The average molecular weight is 401 g/mol. The second kappa shape index (κ2) is 8.04. The van der Waals surface area contributed by atoms with Gasteiger partial charge in [-0.3, -0.25) is 4.79 Å². The highest BCUT2D eigenvalue weighted by Gasteiger charge is 2.31. The van der Waals surface area contributed by atoms with Crippen LogP contribution in [0.4, 0.5) is 13.2 Å². The lowest BCUT2D eigenvalue weighted by atomic mass is 10.1. The molecule has 0 unspecified atom stereocenters. The van der Waals surface area contributed by atoms with Gasteiger partial charge in [0.05, 0.1) is 0 Å². The van der Waals surface area contributed by atoms with Crippen LogP contribution in [0.25, 0.3) is 0 Å². The number of aromatic nitrogens is 1. The van der Waals surface area contributed by atoms with Crippen molar-refractivity contribution in [2.45, 2.75) is 25.3 Å². The first kappa shape index (κ1) is 19.3. The van der Waals surface area contributed by atoms with Crippen molar-refractivity contribution in [2.24, 2.45) is 0 Å². The molecular formula is C18H16ClF3N2O3. The highest BCUT2D eigenvalue weighted by Crippen LogP contribution is 2.26. The molecule has 2 heterocycles. The Morgan fingerprint density at radius 3 is 2.41 bits per heavy atom. The summed E-state index contributed by atoms with van der Waals surface area (Å²) in [6.07, 6.45) is -2.07. The number of hydrogen-bond acceptors (Lipinski definition) is 4. The van der Waals surface area contributed by atoms with Gasteiger partial charge in [-0.25, -0.2) is 4.98 Å². The molecule has 1 aromatic carbocycles. The van der Waals surface area contributed by atoms with Crippen LogP contribution in [0.1, 0.15) is 23.2 Å². The highest BCUT2D eigenvalue weighted by molar-refractivity contribution is 6.31. The van der Waals surface area contributed by atoms with Crippen LogP contribution in [0.2, 0.25) is 5.02 Å². The van der Waals surface area contributed by atoms with E-state index in [1.54, 1.807) is 23.2 Å². The molecule has 0 radical (unpaired) electrons. The molecule has 0 atom stereocenters. The minimum absolute atomic E-state index is 0.107. The van der Waals surface area contributed by atoms with Gasteiger partial charge in [-0.05, 0) is 36.4 Å². The first-order valence-corrected chi connectivity index (χ1v) is 8.62. The minimum atomic E-state index is -4.76. The zero-order valence-corrected chi connectivity index (χ0v) is 14.8. The van der Waals surface area contributed by atoms with Gasteiger partial charge in [-0.1, -0.05) is 11.6 Å². The number of likely N-dealkylation sites (tertiary alicyclic amines) is 1. The maximum Gasteiger partial charge on any atom is 0.573 e. The second-order valence-corrected chi connectivity index (χ2v) is 6.38. The lowest BCUT2D eigenvalue weighted by Gasteiger charge is -2.32. The number of nitrogens with zero attached hydrogens (tertiary/aromatic N) is 2. The van der Waals surface area contributed by atoms with Crippen molar-refractivity contribution in [2.75, 3.05) is 13.1 Å². The van der Waals surface area contributed by atoms with E-state index in [4.69, 9.17) is 16.3 Å². The van der Waals surface area contributed by atoms with E-state index in [0.29, 0.717) is 42.4 Å². The molecule has 1 aliphatic rings. The number of pyridine rings is 1. The minimum Gasteiger partial charge on any atom is -0.473 e. The number of amides is 1. The van der Waals surface area contributed by atoms with E-state index in [-0.39, 0.29) is 17.8 Å². The lowest BCUT2D eigenvalue weighted by Crippen LogP contribution is -2.41. The Labute approximate surface area is 158 Å². The van der Waals surface area contributed by atoms with Gasteiger partial charge < -0.3 is 14.4 Å². The predicted molar refractivity (Wildman–Crippen MR) is 91.9 cm³/mol. The SMILES string of the molecule is O=C(c1ccc(OC(F)(F)F)cc1)N1CCC(Oc2ncccc2Cl)CC1. The number of carbonyl (C=O) groups is 1. The van der Waals surface area contributed by atoms with Crippen LogP contribution in [0, 0.1) is 0 Å². The largest absolute Gasteiger partial charge is 0.573 e. The van der Waals surface area contributed by atoms with Crippen molar-refractivity contribution >= 4 is 17.5 Å². The van der Waals surface area contributed by atoms with E-state index in [1.165, 1.54) is 12.1 Å². The van der Waals surface area contributed by atoms with Crippen molar-refractivity contribution in [1.82, 2.24) is 9.88 Å². The van der Waals surface area contributed by atoms with E-state index < -0.39 is 6.36 Å². The zero-order valence-electron chi connectivity index (χ0n) is 14.1. The van der Waals surface area contributed by atoms with Gasteiger partial charge in [-0.2, -0.15) is 0 Å². The molecule has 27 heavy (non-hydrogen) atoms. The molecule has 0 bridgehead atoms. The molecule has 0 aliphatic carbocycles. The molecule has 1 saturated heterocycles. The fourth-order valence-electron chi connectivity index (χ4n) is 2.77. The summed E-state index contributed by atoms with van der Waals surface area (Å²) in [6.45, 7) is 0.934. The van der Waals surface area contributed by atoms with Crippen LogP contribution in [0.5, 0.6) is 11.6 Å². The Morgan fingerprint density at radius 1 is 1.15 bits per heavy atom. The molecule has 1 fully saturated rings. The molecule has 0 saturated carbocycles. The predicted octanol–water partition coefficient (Wildman–Crippen LogP) is 4.32. The summed E-state index contributed by atoms with van der Waals surface area (Å²) in [4.78, 5) is 18.2. The first-order valence-electron chi connectivity index (χ1n) is 8.24. The van der Waals surface area contributed by atoms with Gasteiger partial charge in [0, 0.05) is 37.7 Å². The average Bonchev–Trinajstić information content (AvgIpc) is 2.63. The normalized spacial score (nSPS) is 15.5. The van der Waals surface area contributed by atoms with Crippen LogP contribution in [0.3, 0.4) is 0 Å². The number of piperidine rings is 1. The molecular weight excluding hydrogens is 385 g/mol. The Hall–Kier alpha value is -2.48. The van der Waals surface area contributed by atoms with Gasteiger partial charge in [0.15, 0.2) is 0 Å². The van der Waals surface area contributed by atoms with Crippen molar-refractivity contribution in [3.05, 3.63) is 53.2 Å². The topological polar surface area (TPSA) is 51.7 Å². The van der Waals surface area contributed by atoms with Crippen LogP contribution < -0.4 is 9.47 Å². The summed E-state index contributed by atoms with van der Waals surface area (Å²) in [6, 6.07) is 8.29. The molecule has 144 valence electrons. The van der Waals surface area contributed by atoms with E-state index >= 15 is 0 Å². The number of carbonyl (C=O) groups excluding carboxylic acids is 1. The molecule has 9 heteroatoms. The van der Waals surface area contributed by atoms with Crippen LogP contribution in [-0.4, -0.2) is 41.3 Å². The Kier molecular flexibility index (Phi) is 5.74. The van der Waals surface area contributed by atoms with Gasteiger partial charge in [0.25, 0.3) is 5.91 Å². The van der Waals surface area contributed by atoms with E-state index in [0.717, 1.165) is 12.1 Å². The molecule has 0 spiro atoms. The standard InChI is InChI=1S/C18H16ClF3N2O3/c19-15-2-1-9-23-16(15)26-13-7-10-24(11-8-13)17(25)12-3-5-14(6-4-12)27-18(20,21)22/h1-6,9,13H,7-8,10-11H2. The smallest absolute Gasteiger partial charge is 0.473 e. The maximum atomic E-state index is 12.5. The number of rotatable bonds is 4. The highest BCUT2D eigenvalue weighted by atomic mass is 35.5. The second-order valence-electron chi connectivity index (χ2n) is 5.97. The molecule has 2 aromatic rings. The van der Waals surface area contributed by atoms with Gasteiger partial charge in [0.2, 0.25) is 5.88 Å². The third-order valence-electron chi connectivity index (χ3n) is 4.07. The third kappa shape index (κ3) is 5.26. The third-order valence-corrected chi connectivity index (χ3v) is 4.35. The Balaban J connectivity index is 1.54. The lowest BCUT2D eigenvalue weighted by molar-refractivity contribution is -0.274. The van der Waals surface area contributed by atoms with Crippen LogP contribution in [-0.2, 0) is 0 Å². The molecule has 1 aromatic heterocycles. The van der Waals surface area contributed by atoms with Gasteiger partial charge in [-0.15, -0.1) is 13.2 Å².